The molecule has 0 atom stereocenters. The lowest BCUT2D eigenvalue weighted by Crippen LogP contribution is -2.18. The van der Waals surface area contributed by atoms with Gasteiger partial charge in [-0.05, 0) is 66.3 Å². The van der Waals surface area contributed by atoms with Crippen LogP contribution in [0.3, 0.4) is 0 Å². The molecule has 4 heteroatoms. The first-order valence-corrected chi connectivity index (χ1v) is 7.30. The summed E-state index contributed by atoms with van der Waals surface area (Å²) in [4.78, 5) is 4.08. The third kappa shape index (κ3) is 2.48. The van der Waals surface area contributed by atoms with Gasteiger partial charge in [-0.1, -0.05) is 6.07 Å². The minimum atomic E-state index is 0.822. The molecular formula is C18H19N3O. The van der Waals surface area contributed by atoms with Gasteiger partial charge in [0.15, 0.2) is 0 Å². The van der Waals surface area contributed by atoms with Gasteiger partial charge in [-0.2, -0.15) is 5.10 Å². The van der Waals surface area contributed by atoms with Gasteiger partial charge in [-0.25, -0.2) is 0 Å². The Hall–Kier alpha value is -2.62. The lowest BCUT2D eigenvalue weighted by Gasteiger charge is -2.23. The number of nitrogens with zero attached hydrogens (tertiary/aromatic N) is 2. The Morgan fingerprint density at radius 2 is 1.95 bits per heavy atom. The number of benzene rings is 1. The maximum absolute atomic E-state index is 5.72. The lowest BCUT2D eigenvalue weighted by molar-refractivity contribution is 0.414. The summed E-state index contributed by atoms with van der Waals surface area (Å²) >= 11 is 0. The Bertz CT molecular complexity index is 748. The third-order valence-corrected chi connectivity index (χ3v) is 4.20. The molecule has 1 aliphatic carbocycles. The molecule has 1 aromatic carbocycles. The van der Waals surface area contributed by atoms with Crippen LogP contribution in [-0.4, -0.2) is 17.8 Å². The molecule has 2 N–H and O–H groups in total. The number of aryl methyl sites for hydroxylation is 1. The largest absolute Gasteiger partial charge is 0.497 e. The number of fused-ring (bicyclic) bond motifs is 1. The van der Waals surface area contributed by atoms with E-state index >= 15 is 0 Å². The van der Waals surface area contributed by atoms with Crippen molar-refractivity contribution in [3.8, 4) is 5.75 Å². The monoisotopic (exact) mass is 293 g/mol. The number of hydrazone groups is 1. The lowest BCUT2D eigenvalue weighted by atomic mass is 9.83. The second kappa shape index (κ2) is 6.02. The van der Waals surface area contributed by atoms with Crippen molar-refractivity contribution in [2.45, 2.75) is 19.8 Å². The number of hydrogen-bond acceptors (Lipinski definition) is 4. The molecule has 1 aromatic heterocycles. The van der Waals surface area contributed by atoms with E-state index in [1.165, 1.54) is 16.7 Å². The topological polar surface area (TPSA) is 60.5 Å². The number of ether oxygens (including phenoxy) is 1. The van der Waals surface area contributed by atoms with E-state index in [0.29, 0.717) is 0 Å². The Balaban J connectivity index is 2.12. The average molecular weight is 293 g/mol. The van der Waals surface area contributed by atoms with Gasteiger partial charge in [-0.15, -0.1) is 0 Å². The number of methoxy groups -OCH3 is 1. The van der Waals surface area contributed by atoms with Crippen LogP contribution in [0.1, 0.15) is 30.0 Å². The first-order chi connectivity index (χ1) is 10.7. The number of aromatic nitrogens is 1. The van der Waals surface area contributed by atoms with Crippen LogP contribution < -0.4 is 10.6 Å². The van der Waals surface area contributed by atoms with E-state index in [9.17, 15) is 0 Å². The Morgan fingerprint density at radius 1 is 1.18 bits per heavy atom. The number of hydrogen-bond donors (Lipinski definition) is 1. The summed E-state index contributed by atoms with van der Waals surface area (Å²) in [5, 5.41) is 4.08. The van der Waals surface area contributed by atoms with E-state index in [0.717, 1.165) is 35.4 Å². The Labute approximate surface area is 130 Å². The molecule has 22 heavy (non-hydrogen) atoms. The van der Waals surface area contributed by atoms with Crippen LogP contribution in [-0.2, 0) is 6.42 Å². The zero-order chi connectivity index (χ0) is 15.5. The molecule has 0 unspecified atom stereocenters. The summed E-state index contributed by atoms with van der Waals surface area (Å²) in [6, 6.07) is 10.1. The highest BCUT2D eigenvalue weighted by Crippen LogP contribution is 2.32. The summed E-state index contributed by atoms with van der Waals surface area (Å²) < 4.78 is 5.33. The quantitative estimate of drug-likeness (QED) is 0.683. The van der Waals surface area contributed by atoms with Gasteiger partial charge in [0.2, 0.25) is 0 Å². The molecule has 1 heterocycles. The number of nitrogens with two attached hydrogens (primary N) is 1. The predicted octanol–water partition coefficient (Wildman–Crippen LogP) is 3.17. The van der Waals surface area contributed by atoms with Crippen molar-refractivity contribution >= 4 is 11.3 Å². The van der Waals surface area contributed by atoms with Gasteiger partial charge in [0.05, 0.1) is 12.8 Å². The minimum absolute atomic E-state index is 0.822. The van der Waals surface area contributed by atoms with Crippen LogP contribution in [0, 0.1) is 0 Å². The molecular weight excluding hydrogens is 274 g/mol. The van der Waals surface area contributed by atoms with Gasteiger partial charge in [0, 0.05) is 18.0 Å². The molecule has 2 aromatic rings. The van der Waals surface area contributed by atoms with Crippen LogP contribution in [0.4, 0.5) is 0 Å². The molecule has 0 amide bonds. The van der Waals surface area contributed by atoms with E-state index in [1.807, 2.05) is 24.3 Å². The van der Waals surface area contributed by atoms with E-state index < -0.39 is 0 Å². The van der Waals surface area contributed by atoms with Crippen LogP contribution in [0.2, 0.25) is 0 Å². The van der Waals surface area contributed by atoms with Crippen LogP contribution in [0.5, 0.6) is 5.75 Å². The Morgan fingerprint density at radius 3 is 2.64 bits per heavy atom. The summed E-state index contributed by atoms with van der Waals surface area (Å²) in [5.41, 5.74) is 6.72. The van der Waals surface area contributed by atoms with Crippen molar-refractivity contribution in [3.05, 3.63) is 65.0 Å². The zero-order valence-corrected chi connectivity index (χ0v) is 12.8. The van der Waals surface area contributed by atoms with E-state index in [1.54, 1.807) is 19.5 Å². The van der Waals surface area contributed by atoms with Crippen LogP contribution in [0.15, 0.2) is 53.4 Å². The van der Waals surface area contributed by atoms with Gasteiger partial charge < -0.3 is 10.6 Å². The summed E-state index contributed by atoms with van der Waals surface area (Å²) in [6.45, 7) is 2.11. The van der Waals surface area contributed by atoms with Crippen molar-refractivity contribution in [1.82, 2.24) is 4.98 Å². The molecule has 112 valence electrons. The summed E-state index contributed by atoms with van der Waals surface area (Å²) in [6.07, 6.45) is 5.52. The fraction of sp³-hybridized carbons (Fsp3) is 0.222. The second-order valence-electron chi connectivity index (χ2n) is 5.34. The fourth-order valence-electron chi connectivity index (χ4n) is 2.95. The van der Waals surface area contributed by atoms with Crippen LogP contribution in [0.25, 0.3) is 5.57 Å². The molecule has 0 bridgehead atoms. The van der Waals surface area contributed by atoms with Crippen molar-refractivity contribution in [2.24, 2.45) is 10.9 Å². The molecule has 3 rings (SSSR count). The summed E-state index contributed by atoms with van der Waals surface area (Å²) in [5.74, 6) is 6.54. The highest BCUT2D eigenvalue weighted by atomic mass is 16.5. The van der Waals surface area contributed by atoms with E-state index in [4.69, 9.17) is 10.6 Å². The van der Waals surface area contributed by atoms with Crippen molar-refractivity contribution in [3.63, 3.8) is 0 Å². The molecule has 4 nitrogen and oxygen atoms in total. The molecule has 1 aliphatic rings. The van der Waals surface area contributed by atoms with Crippen molar-refractivity contribution in [2.75, 3.05) is 7.11 Å². The SMILES string of the molecule is COc1ccc2c(c1)C(=N/N)/C(=C(\C)c1ccncc1)CC2. The fourth-order valence-corrected chi connectivity index (χ4v) is 2.95. The first kappa shape index (κ1) is 14.3. The highest BCUT2D eigenvalue weighted by Gasteiger charge is 2.22. The average Bonchev–Trinajstić information content (AvgIpc) is 2.60. The van der Waals surface area contributed by atoms with Gasteiger partial charge in [0.1, 0.15) is 5.75 Å². The van der Waals surface area contributed by atoms with E-state index in [-0.39, 0.29) is 0 Å². The maximum atomic E-state index is 5.72. The molecule has 0 saturated heterocycles. The minimum Gasteiger partial charge on any atom is -0.497 e. The van der Waals surface area contributed by atoms with Crippen LogP contribution >= 0.6 is 0 Å². The summed E-state index contributed by atoms with van der Waals surface area (Å²) in [7, 11) is 1.67. The van der Waals surface area contributed by atoms with Gasteiger partial charge in [0.25, 0.3) is 0 Å². The van der Waals surface area contributed by atoms with Gasteiger partial charge in [-0.3, -0.25) is 4.98 Å². The Kier molecular flexibility index (Phi) is 3.92. The normalized spacial score (nSPS) is 18.0. The molecule has 0 aliphatic heterocycles. The number of rotatable bonds is 2. The first-order valence-electron chi connectivity index (χ1n) is 7.30. The highest BCUT2D eigenvalue weighted by molar-refractivity contribution is 6.18. The molecule has 0 saturated carbocycles. The van der Waals surface area contributed by atoms with E-state index in [2.05, 4.69) is 23.1 Å². The maximum Gasteiger partial charge on any atom is 0.119 e. The second-order valence-corrected chi connectivity index (χ2v) is 5.34. The zero-order valence-electron chi connectivity index (χ0n) is 12.8. The number of pyridine rings is 1. The number of allylic oxidation sites excluding steroid dienone is 2. The molecule has 0 spiro atoms. The smallest absolute Gasteiger partial charge is 0.119 e. The standard InChI is InChI=1S/C18H19N3O/c1-12(13-7-9-20-10-8-13)16-6-4-14-3-5-15(22-2)11-17(14)18(16)21-19/h3,5,7-11H,4,6,19H2,1-2H3/b16-12+,21-18+. The predicted molar refractivity (Wildman–Crippen MR) is 88.9 cm³/mol. The molecule has 0 fully saturated rings. The third-order valence-electron chi connectivity index (χ3n) is 4.20. The van der Waals surface area contributed by atoms with Crippen molar-refractivity contribution in [1.29, 1.82) is 0 Å². The van der Waals surface area contributed by atoms with Crippen molar-refractivity contribution < 1.29 is 4.74 Å². The molecule has 0 radical (unpaired) electrons. The van der Waals surface area contributed by atoms with Gasteiger partial charge >= 0.3 is 0 Å².